The van der Waals surface area contributed by atoms with Gasteiger partial charge in [0.25, 0.3) is 0 Å². The van der Waals surface area contributed by atoms with Crippen LogP contribution in [0.2, 0.25) is 0 Å². The van der Waals surface area contributed by atoms with Crippen LogP contribution in [0.3, 0.4) is 0 Å². The fourth-order valence-corrected chi connectivity index (χ4v) is 3.52. The number of alkyl carbamates (subject to hydrolysis) is 1. The van der Waals surface area contributed by atoms with Crippen molar-refractivity contribution in [2.75, 3.05) is 20.2 Å². The molecule has 2 unspecified atom stereocenters. The number of carbonyl (C=O) groups is 4. The largest absolute Gasteiger partial charge is 0.468 e. The van der Waals surface area contributed by atoms with E-state index in [1.165, 1.54) is 12.0 Å². The Morgan fingerprint density at radius 2 is 1.67 bits per heavy atom. The Labute approximate surface area is 214 Å². The molecule has 9 heteroatoms. The van der Waals surface area contributed by atoms with Crippen molar-refractivity contribution in [3.8, 4) is 12.3 Å². The Hall–Kier alpha value is -3.54. The van der Waals surface area contributed by atoms with Crippen molar-refractivity contribution in [3.63, 3.8) is 0 Å². The van der Waals surface area contributed by atoms with E-state index in [4.69, 9.17) is 11.2 Å². The Balaban J connectivity index is 3.43. The molecule has 9 nitrogen and oxygen atoms in total. The Morgan fingerprint density at radius 1 is 1.03 bits per heavy atom. The monoisotopic (exact) mass is 501 g/mol. The fourth-order valence-electron chi connectivity index (χ4n) is 3.52. The first-order chi connectivity index (χ1) is 16.8. The molecule has 0 saturated carbocycles. The highest BCUT2D eigenvalue weighted by atomic mass is 16.6. The highest BCUT2D eigenvalue weighted by Crippen LogP contribution is 2.28. The third kappa shape index (κ3) is 9.98. The smallest absolute Gasteiger partial charge is 0.408 e. The minimum absolute atomic E-state index is 0.369. The lowest BCUT2D eigenvalue weighted by molar-refractivity contribution is -0.145. The van der Waals surface area contributed by atoms with Crippen molar-refractivity contribution >= 4 is 23.9 Å². The van der Waals surface area contributed by atoms with Crippen LogP contribution in [0.15, 0.2) is 24.3 Å². The SMILES string of the molecule is C#Cc1ccccc1C(C(=O)NCC(=O)OC)N(C(=O)CNC(=O)OC(C)(C)C)C(C)CCC(C)C. The third-order valence-electron chi connectivity index (χ3n) is 5.28. The highest BCUT2D eigenvalue weighted by Gasteiger charge is 2.36. The predicted octanol–water partition coefficient (Wildman–Crippen LogP) is 3.18. The summed E-state index contributed by atoms with van der Waals surface area (Å²) in [5, 5.41) is 5.02. The number of nitrogens with zero attached hydrogens (tertiary/aromatic N) is 1. The summed E-state index contributed by atoms with van der Waals surface area (Å²) in [7, 11) is 1.21. The summed E-state index contributed by atoms with van der Waals surface area (Å²) < 4.78 is 9.86. The van der Waals surface area contributed by atoms with Gasteiger partial charge in [-0.2, -0.15) is 0 Å². The first kappa shape index (κ1) is 30.5. The number of methoxy groups -OCH3 is 1. The summed E-state index contributed by atoms with van der Waals surface area (Å²) in [6.07, 6.45) is 6.37. The van der Waals surface area contributed by atoms with E-state index in [9.17, 15) is 19.2 Å². The molecule has 2 atom stereocenters. The molecule has 0 aliphatic heterocycles. The van der Waals surface area contributed by atoms with Crippen LogP contribution in [-0.2, 0) is 23.9 Å². The zero-order valence-corrected chi connectivity index (χ0v) is 22.3. The summed E-state index contributed by atoms with van der Waals surface area (Å²) in [5.74, 6) is 1.21. The molecule has 36 heavy (non-hydrogen) atoms. The lowest BCUT2D eigenvalue weighted by atomic mass is 9.95. The average molecular weight is 502 g/mol. The fraction of sp³-hybridized carbons (Fsp3) is 0.556. The lowest BCUT2D eigenvalue weighted by Gasteiger charge is -2.37. The number of nitrogens with one attached hydrogen (secondary N) is 2. The molecule has 1 rings (SSSR count). The molecule has 198 valence electrons. The van der Waals surface area contributed by atoms with Crippen LogP contribution in [-0.4, -0.2) is 60.6 Å². The van der Waals surface area contributed by atoms with Crippen molar-refractivity contribution < 1.29 is 28.7 Å². The van der Waals surface area contributed by atoms with Crippen LogP contribution in [0, 0.1) is 18.3 Å². The van der Waals surface area contributed by atoms with E-state index in [0.717, 1.165) is 6.42 Å². The molecule has 0 saturated heterocycles. The molecule has 0 fully saturated rings. The topological polar surface area (TPSA) is 114 Å². The number of ether oxygens (including phenoxy) is 2. The molecular weight excluding hydrogens is 462 g/mol. The summed E-state index contributed by atoms with van der Waals surface area (Å²) in [5.41, 5.74) is 0.133. The van der Waals surface area contributed by atoms with Gasteiger partial charge < -0.3 is 25.0 Å². The molecule has 0 heterocycles. The van der Waals surface area contributed by atoms with E-state index < -0.39 is 35.5 Å². The summed E-state index contributed by atoms with van der Waals surface area (Å²) in [6, 6.07) is 5.28. The number of esters is 1. The first-order valence-corrected chi connectivity index (χ1v) is 12.0. The van der Waals surface area contributed by atoms with Crippen LogP contribution >= 0.6 is 0 Å². The number of benzene rings is 1. The van der Waals surface area contributed by atoms with E-state index in [2.05, 4.69) is 35.1 Å². The van der Waals surface area contributed by atoms with Gasteiger partial charge in [-0.05, 0) is 58.1 Å². The van der Waals surface area contributed by atoms with Gasteiger partial charge in [0.15, 0.2) is 0 Å². The van der Waals surface area contributed by atoms with Gasteiger partial charge in [-0.15, -0.1) is 6.42 Å². The van der Waals surface area contributed by atoms with Gasteiger partial charge in [-0.25, -0.2) is 4.79 Å². The maximum absolute atomic E-state index is 13.5. The molecule has 0 aliphatic rings. The minimum Gasteiger partial charge on any atom is -0.468 e. The zero-order chi connectivity index (χ0) is 27.5. The standard InChI is InChI=1S/C27H39N3O6/c1-9-20-12-10-11-13-21(20)24(25(33)28-17-23(32)35-8)30(19(4)15-14-18(2)3)22(31)16-29-26(34)36-27(5,6)7/h1,10-13,18-19,24H,14-17H2,2-8H3,(H,28,33)(H,29,34). The molecule has 1 aromatic rings. The van der Waals surface area contributed by atoms with Crippen molar-refractivity contribution in [2.24, 2.45) is 5.92 Å². The number of rotatable bonds is 11. The van der Waals surface area contributed by atoms with Crippen LogP contribution in [0.4, 0.5) is 4.79 Å². The van der Waals surface area contributed by atoms with Crippen LogP contribution in [0.5, 0.6) is 0 Å². The predicted molar refractivity (Wildman–Crippen MR) is 137 cm³/mol. The molecule has 2 N–H and O–H groups in total. The Kier molecular flexibility index (Phi) is 12.0. The number of carbonyl (C=O) groups excluding carboxylic acids is 4. The van der Waals surface area contributed by atoms with Crippen molar-refractivity contribution in [2.45, 2.75) is 72.1 Å². The molecule has 3 amide bonds. The quantitative estimate of drug-likeness (QED) is 0.356. The Bertz CT molecular complexity index is 961. The van der Waals surface area contributed by atoms with E-state index >= 15 is 0 Å². The maximum Gasteiger partial charge on any atom is 0.408 e. The lowest BCUT2D eigenvalue weighted by Crippen LogP contribution is -2.52. The van der Waals surface area contributed by atoms with Crippen LogP contribution in [0.25, 0.3) is 0 Å². The normalized spacial score (nSPS) is 12.6. The number of terminal acetylenes is 1. The second kappa shape index (κ2) is 14.1. The van der Waals surface area contributed by atoms with Crippen molar-refractivity contribution in [3.05, 3.63) is 35.4 Å². The van der Waals surface area contributed by atoms with Gasteiger partial charge >= 0.3 is 12.1 Å². The van der Waals surface area contributed by atoms with Gasteiger partial charge in [-0.1, -0.05) is 38.0 Å². The average Bonchev–Trinajstić information content (AvgIpc) is 2.81. The van der Waals surface area contributed by atoms with E-state index in [1.54, 1.807) is 45.0 Å². The van der Waals surface area contributed by atoms with Crippen LogP contribution < -0.4 is 10.6 Å². The maximum atomic E-state index is 13.5. The van der Waals surface area contributed by atoms with Gasteiger partial charge in [0.1, 0.15) is 24.7 Å². The van der Waals surface area contributed by atoms with E-state index in [1.807, 2.05) is 6.92 Å². The van der Waals surface area contributed by atoms with Crippen molar-refractivity contribution in [1.29, 1.82) is 0 Å². The number of amides is 3. The molecular formula is C27H39N3O6. The van der Waals surface area contributed by atoms with Gasteiger partial charge in [0, 0.05) is 11.6 Å². The molecule has 1 aromatic carbocycles. The van der Waals surface area contributed by atoms with Crippen molar-refractivity contribution in [1.82, 2.24) is 15.5 Å². The summed E-state index contributed by atoms with van der Waals surface area (Å²) in [4.78, 5) is 52.3. The third-order valence-corrected chi connectivity index (χ3v) is 5.28. The molecule has 0 bridgehead atoms. The molecule has 0 spiro atoms. The second-order valence-electron chi connectivity index (χ2n) is 9.90. The van der Waals surface area contributed by atoms with E-state index in [0.29, 0.717) is 23.5 Å². The summed E-state index contributed by atoms with van der Waals surface area (Å²) in [6.45, 7) is 10.4. The molecule has 0 aliphatic carbocycles. The van der Waals surface area contributed by atoms with Gasteiger partial charge in [-0.3, -0.25) is 14.4 Å². The van der Waals surface area contributed by atoms with E-state index in [-0.39, 0.29) is 19.1 Å². The highest BCUT2D eigenvalue weighted by molar-refractivity contribution is 5.92. The van der Waals surface area contributed by atoms with Crippen LogP contribution in [0.1, 0.15) is 71.6 Å². The molecule has 0 aromatic heterocycles. The number of hydrogen-bond acceptors (Lipinski definition) is 6. The molecule has 0 radical (unpaired) electrons. The van der Waals surface area contributed by atoms with Gasteiger partial charge in [0.05, 0.1) is 7.11 Å². The first-order valence-electron chi connectivity index (χ1n) is 12.0. The summed E-state index contributed by atoms with van der Waals surface area (Å²) >= 11 is 0. The second-order valence-corrected chi connectivity index (χ2v) is 9.90. The minimum atomic E-state index is -1.14. The Morgan fingerprint density at radius 3 is 2.22 bits per heavy atom. The number of hydrogen-bond donors (Lipinski definition) is 2. The van der Waals surface area contributed by atoms with Gasteiger partial charge in [0.2, 0.25) is 11.8 Å². The zero-order valence-electron chi connectivity index (χ0n) is 22.3.